The number of benzene rings is 1. The van der Waals surface area contributed by atoms with Crippen molar-refractivity contribution in [3.05, 3.63) is 29.8 Å². The van der Waals surface area contributed by atoms with Crippen LogP contribution in [0, 0.1) is 0 Å². The molecular weight excluding hydrogens is 212 g/mol. The minimum absolute atomic E-state index is 0.0974. The summed E-state index contributed by atoms with van der Waals surface area (Å²) in [6, 6.07) is 6.89. The highest BCUT2D eigenvalue weighted by Crippen LogP contribution is 2.47. The van der Waals surface area contributed by atoms with Crippen LogP contribution in [0.5, 0.6) is 0 Å². The summed E-state index contributed by atoms with van der Waals surface area (Å²) in [6.45, 7) is 0.0974. The van der Waals surface area contributed by atoms with Gasteiger partial charge in [-0.1, -0.05) is 12.1 Å². The van der Waals surface area contributed by atoms with Gasteiger partial charge in [0, 0.05) is 11.7 Å². The van der Waals surface area contributed by atoms with E-state index in [1.807, 2.05) is 6.07 Å². The molecule has 0 atom stereocenters. The number of hydrogen-bond donors (Lipinski definition) is 1. The quantitative estimate of drug-likeness (QED) is 0.840. The first-order valence-electron chi connectivity index (χ1n) is 4.89. The van der Waals surface area contributed by atoms with Crippen LogP contribution in [0.1, 0.15) is 18.4 Å². The van der Waals surface area contributed by atoms with Crippen molar-refractivity contribution in [3.8, 4) is 0 Å². The summed E-state index contributed by atoms with van der Waals surface area (Å²) >= 11 is 0. The van der Waals surface area contributed by atoms with Gasteiger partial charge >= 0.3 is 0 Å². The van der Waals surface area contributed by atoms with Gasteiger partial charge < -0.3 is 5.11 Å². The molecular formula is C11H14O3S. The van der Waals surface area contributed by atoms with E-state index in [-0.39, 0.29) is 12.0 Å². The van der Waals surface area contributed by atoms with Crippen molar-refractivity contribution in [2.75, 3.05) is 12.9 Å². The SMILES string of the molecule is CS(=O)(=O)c1cccc(C2(CO)CC2)c1. The summed E-state index contributed by atoms with van der Waals surface area (Å²) in [7, 11) is -3.15. The lowest BCUT2D eigenvalue weighted by Crippen LogP contribution is -2.12. The second-order valence-electron chi connectivity index (χ2n) is 4.24. The van der Waals surface area contributed by atoms with Crippen molar-refractivity contribution in [2.45, 2.75) is 23.2 Å². The van der Waals surface area contributed by atoms with E-state index in [1.165, 1.54) is 6.26 Å². The Kier molecular flexibility index (Phi) is 2.35. The van der Waals surface area contributed by atoms with Gasteiger partial charge in [0.2, 0.25) is 0 Å². The Balaban J connectivity index is 2.44. The summed E-state index contributed by atoms with van der Waals surface area (Å²) in [4.78, 5) is 0.333. The fourth-order valence-electron chi connectivity index (χ4n) is 1.75. The highest BCUT2D eigenvalue weighted by molar-refractivity contribution is 7.90. The number of hydrogen-bond acceptors (Lipinski definition) is 3. The molecule has 0 bridgehead atoms. The molecule has 0 radical (unpaired) electrons. The monoisotopic (exact) mass is 226 g/mol. The average Bonchev–Trinajstić information content (AvgIpc) is 2.97. The van der Waals surface area contributed by atoms with Crippen molar-refractivity contribution in [2.24, 2.45) is 0 Å². The fraction of sp³-hybridized carbons (Fsp3) is 0.455. The summed E-state index contributed by atoms with van der Waals surface area (Å²) in [5.74, 6) is 0. The minimum Gasteiger partial charge on any atom is -0.395 e. The van der Waals surface area contributed by atoms with E-state index in [9.17, 15) is 13.5 Å². The van der Waals surface area contributed by atoms with E-state index in [4.69, 9.17) is 0 Å². The van der Waals surface area contributed by atoms with Gasteiger partial charge in [0.15, 0.2) is 9.84 Å². The molecule has 1 fully saturated rings. The first-order valence-corrected chi connectivity index (χ1v) is 6.79. The topological polar surface area (TPSA) is 54.4 Å². The van der Waals surface area contributed by atoms with Crippen LogP contribution in [-0.2, 0) is 15.3 Å². The Morgan fingerprint density at radius 1 is 1.40 bits per heavy atom. The largest absolute Gasteiger partial charge is 0.395 e. The van der Waals surface area contributed by atoms with Crippen molar-refractivity contribution in [1.29, 1.82) is 0 Å². The smallest absolute Gasteiger partial charge is 0.175 e. The van der Waals surface area contributed by atoms with Crippen molar-refractivity contribution in [3.63, 3.8) is 0 Å². The average molecular weight is 226 g/mol. The third-order valence-electron chi connectivity index (χ3n) is 3.03. The molecule has 1 aromatic rings. The van der Waals surface area contributed by atoms with Crippen LogP contribution in [0.2, 0.25) is 0 Å². The van der Waals surface area contributed by atoms with E-state index in [0.29, 0.717) is 4.90 Å². The summed E-state index contributed by atoms with van der Waals surface area (Å²) in [5, 5.41) is 9.25. The maximum atomic E-state index is 11.4. The van der Waals surface area contributed by atoms with Gasteiger partial charge in [-0.25, -0.2) is 8.42 Å². The Bertz CT molecular complexity index is 472. The Hall–Kier alpha value is -0.870. The lowest BCUT2D eigenvalue weighted by Gasteiger charge is -2.12. The Morgan fingerprint density at radius 2 is 2.07 bits per heavy atom. The molecule has 1 aromatic carbocycles. The third kappa shape index (κ3) is 1.92. The third-order valence-corrected chi connectivity index (χ3v) is 4.14. The first-order chi connectivity index (χ1) is 6.98. The van der Waals surface area contributed by atoms with Crippen molar-refractivity contribution in [1.82, 2.24) is 0 Å². The molecule has 15 heavy (non-hydrogen) atoms. The van der Waals surface area contributed by atoms with E-state index >= 15 is 0 Å². The molecule has 1 saturated carbocycles. The molecule has 0 amide bonds. The summed E-state index contributed by atoms with van der Waals surface area (Å²) in [6.07, 6.45) is 3.08. The number of sulfone groups is 1. The molecule has 1 aliphatic carbocycles. The van der Waals surface area contributed by atoms with Crippen LogP contribution in [0.4, 0.5) is 0 Å². The molecule has 1 N–H and O–H groups in total. The zero-order valence-corrected chi connectivity index (χ0v) is 9.42. The molecule has 4 heteroatoms. The predicted molar refractivity (Wildman–Crippen MR) is 57.5 cm³/mol. The van der Waals surface area contributed by atoms with Crippen LogP contribution in [0.15, 0.2) is 29.2 Å². The predicted octanol–water partition coefficient (Wildman–Crippen LogP) is 1.11. The molecule has 0 spiro atoms. The van der Waals surface area contributed by atoms with Crippen LogP contribution in [0.3, 0.4) is 0 Å². The Labute approximate surface area is 89.7 Å². The van der Waals surface area contributed by atoms with Crippen LogP contribution in [-0.4, -0.2) is 26.4 Å². The Morgan fingerprint density at radius 3 is 2.53 bits per heavy atom. The summed E-state index contributed by atoms with van der Waals surface area (Å²) < 4.78 is 22.7. The molecule has 0 unspecified atom stereocenters. The van der Waals surface area contributed by atoms with Gasteiger partial charge in [-0.3, -0.25) is 0 Å². The zero-order valence-electron chi connectivity index (χ0n) is 8.60. The lowest BCUT2D eigenvalue weighted by molar-refractivity contribution is 0.255. The zero-order chi connectivity index (χ0) is 11.1. The van der Waals surface area contributed by atoms with Gasteiger partial charge in [-0.2, -0.15) is 0 Å². The molecule has 0 saturated heterocycles. The lowest BCUT2D eigenvalue weighted by atomic mass is 9.97. The molecule has 0 aliphatic heterocycles. The van der Waals surface area contributed by atoms with E-state index < -0.39 is 9.84 Å². The molecule has 3 nitrogen and oxygen atoms in total. The molecule has 0 aromatic heterocycles. The van der Waals surface area contributed by atoms with Crippen LogP contribution >= 0.6 is 0 Å². The van der Waals surface area contributed by atoms with E-state index in [0.717, 1.165) is 18.4 Å². The highest BCUT2D eigenvalue weighted by Gasteiger charge is 2.43. The van der Waals surface area contributed by atoms with Gasteiger partial charge in [0.05, 0.1) is 11.5 Å². The van der Waals surface area contributed by atoms with Gasteiger partial charge in [0.25, 0.3) is 0 Å². The normalized spacial score (nSPS) is 18.8. The second kappa shape index (κ2) is 3.32. The highest BCUT2D eigenvalue weighted by atomic mass is 32.2. The van der Waals surface area contributed by atoms with Crippen molar-refractivity contribution < 1.29 is 13.5 Å². The standard InChI is InChI=1S/C11H14O3S/c1-15(13,14)10-4-2-3-9(7-10)11(8-12)5-6-11/h2-4,7,12H,5-6,8H2,1H3. The second-order valence-corrected chi connectivity index (χ2v) is 6.25. The maximum Gasteiger partial charge on any atom is 0.175 e. The van der Waals surface area contributed by atoms with Gasteiger partial charge in [-0.15, -0.1) is 0 Å². The maximum absolute atomic E-state index is 11.4. The van der Waals surface area contributed by atoms with Crippen molar-refractivity contribution >= 4 is 9.84 Å². The molecule has 0 heterocycles. The number of rotatable bonds is 3. The molecule has 1 aliphatic rings. The number of aliphatic hydroxyl groups excluding tert-OH is 1. The first kappa shape index (κ1) is 10.6. The molecule has 2 rings (SSSR count). The van der Waals surface area contributed by atoms with E-state index in [1.54, 1.807) is 18.2 Å². The summed E-state index contributed by atoms with van der Waals surface area (Å²) in [5.41, 5.74) is 0.772. The van der Waals surface area contributed by atoms with Gasteiger partial charge in [0.1, 0.15) is 0 Å². The van der Waals surface area contributed by atoms with Crippen LogP contribution < -0.4 is 0 Å². The van der Waals surface area contributed by atoms with Gasteiger partial charge in [-0.05, 0) is 30.5 Å². The number of aliphatic hydroxyl groups is 1. The van der Waals surface area contributed by atoms with E-state index in [2.05, 4.69) is 0 Å². The molecule has 82 valence electrons. The fourth-order valence-corrected chi connectivity index (χ4v) is 2.41. The minimum atomic E-state index is -3.15. The van der Waals surface area contributed by atoms with Crippen LogP contribution in [0.25, 0.3) is 0 Å².